The molecule has 0 radical (unpaired) electrons. The highest BCUT2D eigenvalue weighted by Crippen LogP contribution is 1.96. The lowest BCUT2D eigenvalue weighted by Gasteiger charge is -2.04. The summed E-state index contributed by atoms with van der Waals surface area (Å²) in [4.78, 5) is 22.2. The number of carbonyl (C=O) groups is 2. The van der Waals surface area contributed by atoms with Crippen molar-refractivity contribution >= 4 is 11.8 Å². The Hall–Kier alpha value is -2.35. The lowest BCUT2D eigenvalue weighted by atomic mass is 10.2. The maximum Gasteiger partial charge on any atom is 0.269 e. The predicted molar refractivity (Wildman–Crippen MR) is 52.3 cm³/mol. The minimum absolute atomic E-state index is 0.283. The number of carbonyl (C=O) groups excluding carboxylic acids is 2. The Morgan fingerprint density at radius 1 is 1.20 bits per heavy atom. The molecule has 0 heterocycles. The Balaban J connectivity index is 2.45. The predicted octanol–water partition coefficient (Wildman–Crippen LogP) is 0.361. The van der Waals surface area contributed by atoms with Gasteiger partial charge in [0.2, 0.25) is 0 Å². The van der Waals surface area contributed by atoms with Crippen molar-refractivity contribution in [3.05, 3.63) is 35.9 Å². The zero-order valence-corrected chi connectivity index (χ0v) is 7.86. The van der Waals surface area contributed by atoms with E-state index in [1.165, 1.54) is 0 Å². The summed E-state index contributed by atoms with van der Waals surface area (Å²) in [6, 6.07) is 10.1. The van der Waals surface area contributed by atoms with Crippen LogP contribution in [0.1, 0.15) is 16.8 Å². The molecule has 0 atom stereocenters. The normalized spacial score (nSPS) is 8.73. The van der Waals surface area contributed by atoms with Crippen molar-refractivity contribution in [2.75, 3.05) is 0 Å². The van der Waals surface area contributed by atoms with Crippen LogP contribution in [0.3, 0.4) is 0 Å². The molecule has 0 aliphatic carbocycles. The summed E-state index contributed by atoms with van der Waals surface area (Å²) in [5, 5.41) is 8.20. The van der Waals surface area contributed by atoms with Crippen LogP contribution in [0.25, 0.3) is 0 Å². The van der Waals surface area contributed by atoms with Crippen LogP contribution >= 0.6 is 0 Å². The van der Waals surface area contributed by atoms with E-state index in [2.05, 4.69) is 10.9 Å². The third kappa shape index (κ3) is 3.48. The molecular weight excluding hydrogens is 194 g/mol. The average Bonchev–Trinajstić information content (AvgIpc) is 2.27. The van der Waals surface area contributed by atoms with Gasteiger partial charge in [-0.05, 0) is 12.1 Å². The monoisotopic (exact) mass is 203 g/mol. The number of hydrogen-bond donors (Lipinski definition) is 2. The number of nitrogens with zero attached hydrogens (tertiary/aromatic N) is 1. The van der Waals surface area contributed by atoms with Gasteiger partial charge < -0.3 is 0 Å². The largest absolute Gasteiger partial charge is 0.272 e. The van der Waals surface area contributed by atoms with Crippen LogP contribution in [0.2, 0.25) is 0 Å². The highest BCUT2D eigenvalue weighted by Gasteiger charge is 2.05. The van der Waals surface area contributed by atoms with Gasteiger partial charge in [-0.1, -0.05) is 18.2 Å². The summed E-state index contributed by atoms with van der Waals surface area (Å²) < 4.78 is 0. The van der Waals surface area contributed by atoms with Crippen LogP contribution in [0.4, 0.5) is 0 Å². The van der Waals surface area contributed by atoms with Gasteiger partial charge in [0, 0.05) is 5.56 Å². The molecule has 5 nitrogen and oxygen atoms in total. The molecule has 0 unspecified atom stereocenters. The van der Waals surface area contributed by atoms with E-state index in [1.54, 1.807) is 36.4 Å². The van der Waals surface area contributed by atoms with Crippen molar-refractivity contribution in [2.45, 2.75) is 6.42 Å². The van der Waals surface area contributed by atoms with Gasteiger partial charge in [-0.25, -0.2) is 0 Å². The maximum absolute atomic E-state index is 11.3. The molecular formula is C10H9N3O2. The molecule has 0 saturated carbocycles. The Kier molecular flexibility index (Phi) is 3.86. The van der Waals surface area contributed by atoms with E-state index in [0.717, 1.165) is 0 Å². The fourth-order valence-corrected chi connectivity index (χ4v) is 0.904. The Morgan fingerprint density at radius 2 is 1.87 bits per heavy atom. The lowest BCUT2D eigenvalue weighted by molar-refractivity contribution is -0.120. The third-order valence-electron chi connectivity index (χ3n) is 1.59. The number of amides is 2. The van der Waals surface area contributed by atoms with Crippen LogP contribution in [0, 0.1) is 11.3 Å². The molecule has 1 aromatic rings. The fourth-order valence-electron chi connectivity index (χ4n) is 0.904. The minimum atomic E-state index is -0.540. The lowest BCUT2D eigenvalue weighted by Crippen LogP contribution is -2.41. The molecule has 2 N–H and O–H groups in total. The van der Waals surface area contributed by atoms with E-state index < -0.39 is 11.8 Å². The molecule has 0 saturated heterocycles. The van der Waals surface area contributed by atoms with Gasteiger partial charge in [-0.3, -0.25) is 20.4 Å². The third-order valence-corrected chi connectivity index (χ3v) is 1.59. The highest BCUT2D eigenvalue weighted by molar-refractivity contribution is 5.95. The molecule has 76 valence electrons. The number of benzene rings is 1. The van der Waals surface area contributed by atoms with Crippen molar-refractivity contribution in [3.8, 4) is 6.07 Å². The Bertz CT molecular complexity index is 395. The number of nitrogens with one attached hydrogen (secondary N) is 2. The molecule has 0 bridgehead atoms. The minimum Gasteiger partial charge on any atom is -0.272 e. The average molecular weight is 203 g/mol. The van der Waals surface area contributed by atoms with E-state index in [4.69, 9.17) is 5.26 Å². The first-order valence-corrected chi connectivity index (χ1v) is 4.25. The van der Waals surface area contributed by atoms with Gasteiger partial charge in [0.15, 0.2) is 0 Å². The summed E-state index contributed by atoms with van der Waals surface area (Å²) in [5.41, 5.74) is 4.75. The number of nitriles is 1. The standard InChI is InChI=1S/C10H9N3O2/c11-7-6-9(14)12-13-10(15)8-4-2-1-3-5-8/h1-5H,6H2,(H,12,14)(H,13,15). The van der Waals surface area contributed by atoms with Gasteiger partial charge >= 0.3 is 0 Å². The fraction of sp³-hybridized carbons (Fsp3) is 0.100. The van der Waals surface area contributed by atoms with E-state index in [-0.39, 0.29) is 6.42 Å². The summed E-state index contributed by atoms with van der Waals surface area (Å²) >= 11 is 0. The number of hydrazine groups is 1. The molecule has 0 aliphatic heterocycles. The van der Waals surface area contributed by atoms with Crippen LogP contribution in [0.5, 0.6) is 0 Å². The molecule has 1 aromatic carbocycles. The summed E-state index contributed by atoms with van der Waals surface area (Å²) in [5.74, 6) is -0.955. The first-order valence-electron chi connectivity index (χ1n) is 4.25. The summed E-state index contributed by atoms with van der Waals surface area (Å²) in [7, 11) is 0. The van der Waals surface area contributed by atoms with Gasteiger partial charge in [0.05, 0.1) is 6.07 Å². The van der Waals surface area contributed by atoms with E-state index in [9.17, 15) is 9.59 Å². The first kappa shape index (κ1) is 10.7. The second-order valence-electron chi connectivity index (χ2n) is 2.70. The van der Waals surface area contributed by atoms with Crippen molar-refractivity contribution in [3.63, 3.8) is 0 Å². The van der Waals surface area contributed by atoms with Gasteiger partial charge in [-0.15, -0.1) is 0 Å². The van der Waals surface area contributed by atoms with Crippen LogP contribution < -0.4 is 10.9 Å². The van der Waals surface area contributed by atoms with E-state index in [1.807, 2.05) is 0 Å². The second kappa shape index (κ2) is 5.40. The van der Waals surface area contributed by atoms with Gasteiger partial charge in [0.25, 0.3) is 11.8 Å². The van der Waals surface area contributed by atoms with Crippen molar-refractivity contribution in [1.29, 1.82) is 5.26 Å². The molecule has 2 amide bonds. The van der Waals surface area contributed by atoms with Gasteiger partial charge in [0.1, 0.15) is 6.42 Å². The number of hydrogen-bond acceptors (Lipinski definition) is 3. The highest BCUT2D eigenvalue weighted by atomic mass is 16.2. The van der Waals surface area contributed by atoms with Gasteiger partial charge in [-0.2, -0.15) is 5.26 Å². The van der Waals surface area contributed by atoms with Crippen molar-refractivity contribution in [2.24, 2.45) is 0 Å². The molecule has 0 aromatic heterocycles. The molecule has 0 aliphatic rings. The summed E-state index contributed by atoms with van der Waals surface area (Å²) in [6.45, 7) is 0. The summed E-state index contributed by atoms with van der Waals surface area (Å²) in [6.07, 6.45) is -0.283. The smallest absolute Gasteiger partial charge is 0.269 e. The maximum atomic E-state index is 11.3. The molecule has 0 spiro atoms. The van der Waals surface area contributed by atoms with E-state index in [0.29, 0.717) is 5.56 Å². The quantitative estimate of drug-likeness (QED) is 0.681. The Labute approximate surface area is 86.7 Å². The topological polar surface area (TPSA) is 82.0 Å². The second-order valence-corrected chi connectivity index (χ2v) is 2.70. The zero-order chi connectivity index (χ0) is 11.1. The molecule has 1 rings (SSSR count). The van der Waals surface area contributed by atoms with Crippen LogP contribution in [-0.2, 0) is 4.79 Å². The molecule has 15 heavy (non-hydrogen) atoms. The van der Waals surface area contributed by atoms with Crippen molar-refractivity contribution in [1.82, 2.24) is 10.9 Å². The van der Waals surface area contributed by atoms with Crippen LogP contribution in [0.15, 0.2) is 30.3 Å². The van der Waals surface area contributed by atoms with E-state index >= 15 is 0 Å². The molecule has 5 heteroatoms. The first-order chi connectivity index (χ1) is 7.24. The zero-order valence-electron chi connectivity index (χ0n) is 7.86. The Morgan fingerprint density at radius 3 is 2.47 bits per heavy atom. The van der Waals surface area contributed by atoms with Crippen LogP contribution in [-0.4, -0.2) is 11.8 Å². The number of rotatable bonds is 2. The molecule has 0 fully saturated rings. The van der Waals surface area contributed by atoms with Crippen molar-refractivity contribution < 1.29 is 9.59 Å². The SMILES string of the molecule is N#CCC(=O)NNC(=O)c1ccccc1.